The maximum absolute atomic E-state index is 12.1. The number of carbonyl (C=O) groups excluding carboxylic acids is 2. The summed E-state index contributed by atoms with van der Waals surface area (Å²) < 4.78 is 10.5. The van der Waals surface area contributed by atoms with E-state index in [1.807, 2.05) is 20.8 Å². The molecule has 0 heterocycles. The Hall–Kier alpha value is -2.04. The lowest BCUT2D eigenvalue weighted by atomic mass is 10.1. The Labute approximate surface area is 119 Å². The second kappa shape index (κ2) is 6.93. The highest BCUT2D eigenvalue weighted by molar-refractivity contribution is 5.98. The van der Waals surface area contributed by atoms with Crippen molar-refractivity contribution in [3.63, 3.8) is 0 Å². The fourth-order valence-electron chi connectivity index (χ4n) is 1.53. The van der Waals surface area contributed by atoms with Crippen molar-refractivity contribution in [2.75, 3.05) is 13.2 Å². The lowest BCUT2D eigenvalue weighted by Crippen LogP contribution is -2.32. The molecule has 5 heteroatoms. The van der Waals surface area contributed by atoms with Gasteiger partial charge in [0.05, 0.1) is 12.2 Å². The molecule has 1 amide bonds. The normalized spacial score (nSPS) is 10.8. The van der Waals surface area contributed by atoms with Crippen LogP contribution in [0.25, 0.3) is 0 Å². The van der Waals surface area contributed by atoms with Gasteiger partial charge in [0.2, 0.25) is 0 Å². The Kier molecular flexibility index (Phi) is 5.55. The summed E-state index contributed by atoms with van der Waals surface area (Å²) in [7, 11) is 0. The average molecular weight is 279 g/mol. The van der Waals surface area contributed by atoms with Crippen LogP contribution < -0.4 is 10.1 Å². The van der Waals surface area contributed by atoms with Crippen LogP contribution in [0, 0.1) is 0 Å². The Morgan fingerprint density at radius 1 is 1.20 bits per heavy atom. The van der Waals surface area contributed by atoms with E-state index in [1.54, 1.807) is 31.2 Å². The summed E-state index contributed by atoms with van der Waals surface area (Å²) in [5.74, 6) is -0.339. The van der Waals surface area contributed by atoms with Crippen molar-refractivity contribution < 1.29 is 19.1 Å². The van der Waals surface area contributed by atoms with Crippen molar-refractivity contribution >= 4 is 11.9 Å². The SMILES string of the molecule is CCOC(=O)CNC(=O)c1ccccc1OC(C)(C)C. The third kappa shape index (κ3) is 5.30. The van der Waals surface area contributed by atoms with Gasteiger partial charge >= 0.3 is 5.97 Å². The fourth-order valence-corrected chi connectivity index (χ4v) is 1.53. The number of hydrogen-bond donors (Lipinski definition) is 1. The lowest BCUT2D eigenvalue weighted by molar-refractivity contribution is -0.141. The molecule has 0 fully saturated rings. The van der Waals surface area contributed by atoms with E-state index in [1.165, 1.54) is 0 Å². The van der Waals surface area contributed by atoms with Gasteiger partial charge in [0.15, 0.2) is 0 Å². The van der Waals surface area contributed by atoms with Gasteiger partial charge in [-0.1, -0.05) is 12.1 Å². The zero-order valence-electron chi connectivity index (χ0n) is 12.4. The highest BCUT2D eigenvalue weighted by Gasteiger charge is 2.18. The number of esters is 1. The molecule has 1 N–H and O–H groups in total. The predicted octanol–water partition coefficient (Wildman–Crippen LogP) is 2.16. The quantitative estimate of drug-likeness (QED) is 0.839. The maximum atomic E-state index is 12.1. The summed E-state index contributed by atoms with van der Waals surface area (Å²) in [6, 6.07) is 6.92. The van der Waals surface area contributed by atoms with Gasteiger partial charge in [-0.2, -0.15) is 0 Å². The van der Waals surface area contributed by atoms with Crippen molar-refractivity contribution in [3.05, 3.63) is 29.8 Å². The Morgan fingerprint density at radius 3 is 2.45 bits per heavy atom. The summed E-state index contributed by atoms with van der Waals surface area (Å²) in [6.07, 6.45) is 0. The molecule has 0 radical (unpaired) electrons. The first-order valence-electron chi connectivity index (χ1n) is 6.55. The van der Waals surface area contributed by atoms with Crippen molar-refractivity contribution in [3.8, 4) is 5.75 Å². The van der Waals surface area contributed by atoms with E-state index in [2.05, 4.69) is 5.32 Å². The number of carbonyl (C=O) groups is 2. The average Bonchev–Trinajstić information content (AvgIpc) is 2.35. The van der Waals surface area contributed by atoms with Crippen LogP contribution in [-0.4, -0.2) is 30.6 Å². The molecule has 5 nitrogen and oxygen atoms in total. The maximum Gasteiger partial charge on any atom is 0.325 e. The summed E-state index contributed by atoms with van der Waals surface area (Å²) in [5, 5.41) is 2.52. The molecule has 110 valence electrons. The largest absolute Gasteiger partial charge is 0.487 e. The summed E-state index contributed by atoms with van der Waals surface area (Å²) in [5.41, 5.74) is -0.0101. The van der Waals surface area contributed by atoms with E-state index in [0.717, 1.165) is 0 Å². The zero-order valence-corrected chi connectivity index (χ0v) is 12.4. The van der Waals surface area contributed by atoms with E-state index < -0.39 is 11.6 Å². The molecule has 0 saturated carbocycles. The third-order valence-electron chi connectivity index (χ3n) is 2.25. The summed E-state index contributed by atoms with van der Waals surface area (Å²) in [4.78, 5) is 23.3. The topological polar surface area (TPSA) is 64.6 Å². The predicted molar refractivity (Wildman–Crippen MR) is 75.8 cm³/mol. The van der Waals surface area contributed by atoms with Crippen molar-refractivity contribution in [1.82, 2.24) is 5.32 Å². The van der Waals surface area contributed by atoms with Gasteiger partial charge in [0.25, 0.3) is 5.91 Å². The smallest absolute Gasteiger partial charge is 0.325 e. The standard InChI is InChI=1S/C15H21NO4/c1-5-19-13(17)10-16-14(18)11-8-6-7-9-12(11)20-15(2,3)4/h6-9H,5,10H2,1-4H3,(H,16,18). The molecule has 0 atom stereocenters. The number of rotatable bonds is 5. The van der Waals surface area contributed by atoms with Crippen LogP contribution in [0.5, 0.6) is 5.75 Å². The highest BCUT2D eigenvalue weighted by Crippen LogP contribution is 2.22. The highest BCUT2D eigenvalue weighted by atomic mass is 16.5. The molecule has 0 bridgehead atoms. The Morgan fingerprint density at radius 2 is 1.85 bits per heavy atom. The van der Waals surface area contributed by atoms with Gasteiger partial charge in [-0.05, 0) is 39.8 Å². The van der Waals surface area contributed by atoms with E-state index >= 15 is 0 Å². The van der Waals surface area contributed by atoms with E-state index in [-0.39, 0.29) is 12.5 Å². The summed E-state index contributed by atoms with van der Waals surface area (Å²) >= 11 is 0. The molecular weight excluding hydrogens is 258 g/mol. The summed E-state index contributed by atoms with van der Waals surface area (Å²) in [6.45, 7) is 7.56. The van der Waals surface area contributed by atoms with E-state index in [0.29, 0.717) is 17.9 Å². The van der Waals surface area contributed by atoms with E-state index in [4.69, 9.17) is 9.47 Å². The van der Waals surface area contributed by atoms with Crippen LogP contribution >= 0.6 is 0 Å². The Balaban J connectivity index is 2.75. The van der Waals surface area contributed by atoms with Gasteiger partial charge in [0, 0.05) is 0 Å². The van der Waals surface area contributed by atoms with Crippen LogP contribution in [0.1, 0.15) is 38.1 Å². The first kappa shape index (κ1) is 16.0. The minimum absolute atomic E-state index is 0.156. The third-order valence-corrected chi connectivity index (χ3v) is 2.25. The number of ether oxygens (including phenoxy) is 2. The van der Waals surface area contributed by atoms with Gasteiger partial charge in [-0.3, -0.25) is 9.59 Å². The zero-order chi connectivity index (χ0) is 15.2. The van der Waals surface area contributed by atoms with Crippen molar-refractivity contribution in [2.24, 2.45) is 0 Å². The molecule has 0 aliphatic heterocycles. The number of nitrogens with one attached hydrogen (secondary N) is 1. The van der Waals surface area contributed by atoms with Crippen molar-refractivity contribution in [2.45, 2.75) is 33.3 Å². The van der Waals surface area contributed by atoms with E-state index in [9.17, 15) is 9.59 Å². The fraction of sp³-hybridized carbons (Fsp3) is 0.467. The molecular formula is C15H21NO4. The molecule has 0 saturated heterocycles. The number of amides is 1. The van der Waals surface area contributed by atoms with Crippen LogP contribution in [0.4, 0.5) is 0 Å². The monoisotopic (exact) mass is 279 g/mol. The van der Waals surface area contributed by atoms with Gasteiger partial charge in [-0.25, -0.2) is 0 Å². The van der Waals surface area contributed by atoms with Crippen LogP contribution in [-0.2, 0) is 9.53 Å². The Bertz CT molecular complexity index is 477. The number of benzene rings is 1. The molecule has 0 unspecified atom stereocenters. The van der Waals surface area contributed by atoms with Gasteiger partial charge in [0.1, 0.15) is 17.9 Å². The minimum Gasteiger partial charge on any atom is -0.487 e. The van der Waals surface area contributed by atoms with Crippen LogP contribution in [0.2, 0.25) is 0 Å². The second-order valence-electron chi connectivity index (χ2n) is 5.20. The first-order chi connectivity index (χ1) is 9.33. The van der Waals surface area contributed by atoms with Crippen molar-refractivity contribution in [1.29, 1.82) is 0 Å². The number of hydrogen-bond acceptors (Lipinski definition) is 4. The molecule has 20 heavy (non-hydrogen) atoms. The second-order valence-corrected chi connectivity index (χ2v) is 5.20. The molecule has 0 aromatic heterocycles. The first-order valence-corrected chi connectivity index (χ1v) is 6.55. The molecule has 1 rings (SSSR count). The molecule has 1 aromatic carbocycles. The van der Waals surface area contributed by atoms with Gasteiger partial charge < -0.3 is 14.8 Å². The molecule has 0 aliphatic rings. The van der Waals surface area contributed by atoms with Crippen LogP contribution in [0.3, 0.4) is 0 Å². The molecule has 1 aromatic rings. The van der Waals surface area contributed by atoms with Gasteiger partial charge in [-0.15, -0.1) is 0 Å². The minimum atomic E-state index is -0.463. The number of para-hydroxylation sites is 1. The molecule has 0 aliphatic carbocycles. The van der Waals surface area contributed by atoms with Crippen LogP contribution in [0.15, 0.2) is 24.3 Å². The lowest BCUT2D eigenvalue weighted by Gasteiger charge is -2.22. The molecule has 0 spiro atoms.